The van der Waals surface area contributed by atoms with Gasteiger partial charge in [0.15, 0.2) is 0 Å². The molecule has 2 N–H and O–H groups in total. The highest BCUT2D eigenvalue weighted by atomic mass is 16.3. The summed E-state index contributed by atoms with van der Waals surface area (Å²) in [4.78, 5) is 2.56. The van der Waals surface area contributed by atoms with Gasteiger partial charge in [-0.2, -0.15) is 0 Å². The average Bonchev–Trinajstić information content (AvgIpc) is 2.40. The minimum Gasteiger partial charge on any atom is -0.394 e. The molecule has 0 saturated heterocycles. The van der Waals surface area contributed by atoms with Crippen molar-refractivity contribution in [2.75, 3.05) is 26.2 Å². The summed E-state index contributed by atoms with van der Waals surface area (Å²) in [7, 11) is 0. The third kappa shape index (κ3) is 6.73. The van der Waals surface area contributed by atoms with Crippen molar-refractivity contribution in [3.8, 4) is 0 Å². The summed E-state index contributed by atoms with van der Waals surface area (Å²) >= 11 is 0. The van der Waals surface area contributed by atoms with Crippen molar-refractivity contribution in [3.05, 3.63) is 0 Å². The number of hydrogen-bond donors (Lipinski definition) is 2. The molecule has 19 heavy (non-hydrogen) atoms. The molecule has 0 heterocycles. The van der Waals surface area contributed by atoms with Crippen LogP contribution in [0.15, 0.2) is 0 Å². The molecule has 3 heteroatoms. The van der Waals surface area contributed by atoms with Gasteiger partial charge in [0, 0.05) is 18.1 Å². The van der Waals surface area contributed by atoms with Crippen LogP contribution in [0, 0.1) is 5.92 Å². The summed E-state index contributed by atoms with van der Waals surface area (Å²) in [6.07, 6.45) is 3.50. The molecule has 2 atom stereocenters. The fourth-order valence-corrected chi connectivity index (χ4v) is 2.90. The predicted molar refractivity (Wildman–Crippen MR) is 84.6 cm³/mol. The van der Waals surface area contributed by atoms with Crippen LogP contribution >= 0.6 is 0 Å². The van der Waals surface area contributed by atoms with E-state index in [4.69, 9.17) is 0 Å². The molecule has 0 saturated carbocycles. The maximum absolute atomic E-state index is 9.61. The fraction of sp³-hybridized carbons (Fsp3) is 1.00. The largest absolute Gasteiger partial charge is 0.394 e. The van der Waals surface area contributed by atoms with Gasteiger partial charge < -0.3 is 15.3 Å². The van der Waals surface area contributed by atoms with Crippen molar-refractivity contribution in [2.24, 2.45) is 5.92 Å². The molecule has 3 nitrogen and oxygen atoms in total. The number of nitrogens with zero attached hydrogens (tertiary/aromatic N) is 1. The number of aliphatic hydroxyl groups excluding tert-OH is 1. The molecule has 0 aromatic carbocycles. The minimum absolute atomic E-state index is 0.157. The average molecular weight is 272 g/mol. The zero-order chi connectivity index (χ0) is 14.9. The van der Waals surface area contributed by atoms with E-state index in [1.807, 2.05) is 0 Å². The van der Waals surface area contributed by atoms with Gasteiger partial charge in [0.1, 0.15) is 0 Å². The van der Waals surface area contributed by atoms with Gasteiger partial charge in [0.25, 0.3) is 0 Å². The van der Waals surface area contributed by atoms with Crippen molar-refractivity contribution in [3.63, 3.8) is 0 Å². The highest BCUT2D eigenvalue weighted by molar-refractivity contribution is 4.87. The van der Waals surface area contributed by atoms with E-state index < -0.39 is 0 Å². The van der Waals surface area contributed by atoms with Crippen LogP contribution in [0.25, 0.3) is 0 Å². The minimum atomic E-state index is -0.157. The zero-order valence-corrected chi connectivity index (χ0v) is 14.0. The van der Waals surface area contributed by atoms with E-state index >= 15 is 0 Å². The van der Waals surface area contributed by atoms with Gasteiger partial charge in [0.05, 0.1) is 6.61 Å². The Labute approximate surface area is 120 Å². The van der Waals surface area contributed by atoms with Crippen molar-refractivity contribution in [1.29, 1.82) is 0 Å². The Morgan fingerprint density at radius 1 is 1.16 bits per heavy atom. The third-order valence-electron chi connectivity index (χ3n) is 4.38. The summed E-state index contributed by atoms with van der Waals surface area (Å²) in [5.74, 6) is 0.793. The molecule has 0 aliphatic carbocycles. The second-order valence-corrected chi connectivity index (χ2v) is 6.07. The van der Waals surface area contributed by atoms with Gasteiger partial charge in [-0.1, -0.05) is 40.5 Å². The van der Waals surface area contributed by atoms with Crippen LogP contribution in [0.2, 0.25) is 0 Å². The lowest BCUT2D eigenvalue weighted by atomic mass is 9.92. The quantitative estimate of drug-likeness (QED) is 0.607. The second-order valence-electron chi connectivity index (χ2n) is 6.07. The smallest absolute Gasteiger partial charge is 0.0611 e. The Morgan fingerprint density at radius 3 is 2.11 bits per heavy atom. The van der Waals surface area contributed by atoms with E-state index in [0.29, 0.717) is 6.04 Å². The lowest BCUT2D eigenvalue weighted by Crippen LogP contribution is -2.51. The number of nitrogens with one attached hydrogen (secondary N) is 1. The van der Waals surface area contributed by atoms with Crippen LogP contribution in [0.5, 0.6) is 0 Å². The van der Waals surface area contributed by atoms with E-state index in [1.54, 1.807) is 0 Å². The summed E-state index contributed by atoms with van der Waals surface area (Å²) in [6.45, 7) is 16.7. The molecular formula is C16H36N2O. The molecule has 0 bridgehead atoms. The van der Waals surface area contributed by atoms with Gasteiger partial charge in [0.2, 0.25) is 0 Å². The molecule has 0 spiro atoms. The van der Waals surface area contributed by atoms with Crippen LogP contribution in [0.1, 0.15) is 60.8 Å². The highest BCUT2D eigenvalue weighted by Crippen LogP contribution is 2.19. The number of hydrogen-bond acceptors (Lipinski definition) is 3. The summed E-state index contributed by atoms with van der Waals surface area (Å²) < 4.78 is 0. The fourth-order valence-electron chi connectivity index (χ4n) is 2.90. The molecule has 0 aromatic heterocycles. The lowest BCUT2D eigenvalue weighted by molar-refractivity contribution is 0.107. The van der Waals surface area contributed by atoms with Crippen LogP contribution < -0.4 is 5.32 Å². The van der Waals surface area contributed by atoms with Crippen molar-refractivity contribution in [1.82, 2.24) is 10.2 Å². The third-order valence-corrected chi connectivity index (χ3v) is 4.38. The monoisotopic (exact) mass is 272 g/mol. The van der Waals surface area contributed by atoms with Gasteiger partial charge in [-0.05, 0) is 39.3 Å². The predicted octanol–water partition coefficient (Wildman–Crippen LogP) is 2.88. The molecule has 0 aliphatic heterocycles. The first kappa shape index (κ1) is 18.9. The number of likely N-dealkylation sites (N-methyl/N-ethyl adjacent to an activating group) is 1. The molecule has 0 radical (unpaired) electrons. The number of rotatable bonds is 11. The van der Waals surface area contributed by atoms with Gasteiger partial charge >= 0.3 is 0 Å². The molecule has 116 valence electrons. The molecular weight excluding hydrogens is 236 g/mol. The standard InChI is InChI=1S/C16H36N2O/c1-7-15(8-2)12-18(10-4)14(5)11-16(6,13-19)17-9-3/h14-15,17,19H,7-13H2,1-6H3. The Hall–Kier alpha value is -0.120. The normalized spacial score (nSPS) is 16.9. The van der Waals surface area contributed by atoms with E-state index in [9.17, 15) is 5.11 Å². The van der Waals surface area contributed by atoms with Crippen molar-refractivity contribution in [2.45, 2.75) is 72.4 Å². The topological polar surface area (TPSA) is 35.5 Å². The number of aliphatic hydroxyl groups is 1. The Balaban J connectivity index is 4.52. The molecule has 0 rings (SSSR count). The van der Waals surface area contributed by atoms with Gasteiger partial charge in [-0.3, -0.25) is 0 Å². The van der Waals surface area contributed by atoms with Gasteiger partial charge in [-0.25, -0.2) is 0 Å². The summed E-state index contributed by atoms with van der Waals surface area (Å²) in [5.41, 5.74) is -0.157. The Morgan fingerprint density at radius 2 is 1.74 bits per heavy atom. The Kier molecular flexibility index (Phi) is 9.67. The molecule has 0 aromatic rings. The van der Waals surface area contributed by atoms with E-state index in [0.717, 1.165) is 25.4 Å². The highest BCUT2D eigenvalue weighted by Gasteiger charge is 2.27. The zero-order valence-electron chi connectivity index (χ0n) is 14.0. The SMILES string of the molecule is CCNC(C)(CO)CC(C)N(CC)CC(CC)CC. The first-order valence-corrected chi connectivity index (χ1v) is 8.06. The first-order valence-electron chi connectivity index (χ1n) is 8.06. The van der Waals surface area contributed by atoms with E-state index in [-0.39, 0.29) is 12.1 Å². The summed E-state index contributed by atoms with van der Waals surface area (Å²) in [6, 6.07) is 0.502. The van der Waals surface area contributed by atoms with Crippen LogP contribution in [0.4, 0.5) is 0 Å². The van der Waals surface area contributed by atoms with Crippen LogP contribution in [-0.2, 0) is 0 Å². The van der Waals surface area contributed by atoms with Crippen molar-refractivity contribution >= 4 is 0 Å². The second kappa shape index (κ2) is 9.73. The van der Waals surface area contributed by atoms with Crippen LogP contribution in [0.3, 0.4) is 0 Å². The Bertz CT molecular complexity index is 219. The molecule has 2 unspecified atom stereocenters. The van der Waals surface area contributed by atoms with E-state index in [1.165, 1.54) is 19.4 Å². The molecule has 0 fully saturated rings. The molecule has 0 aliphatic rings. The maximum atomic E-state index is 9.61. The summed E-state index contributed by atoms with van der Waals surface area (Å²) in [5, 5.41) is 13.0. The maximum Gasteiger partial charge on any atom is 0.0611 e. The lowest BCUT2D eigenvalue weighted by Gasteiger charge is -2.37. The van der Waals surface area contributed by atoms with E-state index in [2.05, 4.69) is 51.8 Å². The van der Waals surface area contributed by atoms with Crippen molar-refractivity contribution < 1.29 is 5.11 Å². The van der Waals surface area contributed by atoms with Gasteiger partial charge in [-0.15, -0.1) is 0 Å². The molecule has 0 amide bonds. The van der Waals surface area contributed by atoms with Crippen LogP contribution in [-0.4, -0.2) is 47.8 Å². The first-order chi connectivity index (χ1) is 8.96.